The third-order valence-electron chi connectivity index (χ3n) is 3.12. The first-order valence-corrected chi connectivity index (χ1v) is 8.09. The minimum atomic E-state index is -3.37. The average Bonchev–Trinajstić information content (AvgIpc) is 2.44. The predicted molar refractivity (Wildman–Crippen MR) is 79.1 cm³/mol. The van der Waals surface area contributed by atoms with Crippen LogP contribution < -0.4 is 5.73 Å². The van der Waals surface area contributed by atoms with Crippen molar-refractivity contribution in [3.8, 4) is 0 Å². The number of sulfone groups is 1. The third kappa shape index (κ3) is 4.45. The fourth-order valence-corrected chi connectivity index (χ4v) is 2.41. The molecule has 0 saturated heterocycles. The maximum Gasteiger partial charge on any atom is 0.253 e. The summed E-state index contributed by atoms with van der Waals surface area (Å²) in [6, 6.07) is 5.54. The number of nitrogens with zero attached hydrogens (tertiary/aromatic N) is 2. The molecule has 8 heteroatoms. The van der Waals surface area contributed by atoms with Crippen molar-refractivity contribution in [2.75, 3.05) is 13.3 Å². The highest BCUT2D eigenvalue weighted by Crippen LogP contribution is 2.14. The quantitative estimate of drug-likeness (QED) is 0.359. The summed E-state index contributed by atoms with van der Waals surface area (Å²) in [7, 11) is -1.80. The van der Waals surface area contributed by atoms with Gasteiger partial charge >= 0.3 is 0 Å². The van der Waals surface area contributed by atoms with Gasteiger partial charge in [-0.1, -0.05) is 11.2 Å². The first kappa shape index (κ1) is 17.0. The Kier molecular flexibility index (Phi) is 5.31. The highest BCUT2D eigenvalue weighted by atomic mass is 32.2. The summed E-state index contributed by atoms with van der Waals surface area (Å²) in [6.45, 7) is 1.75. The van der Waals surface area contributed by atoms with Gasteiger partial charge in [-0.25, -0.2) is 8.42 Å². The second kappa shape index (κ2) is 6.57. The van der Waals surface area contributed by atoms with Crippen molar-refractivity contribution in [2.24, 2.45) is 10.9 Å². The van der Waals surface area contributed by atoms with E-state index in [-0.39, 0.29) is 34.7 Å². The minimum Gasteiger partial charge on any atom is -0.409 e. The minimum absolute atomic E-state index is 0.0204. The zero-order chi connectivity index (χ0) is 16.2. The van der Waals surface area contributed by atoms with E-state index in [0.29, 0.717) is 0 Å². The maximum atomic E-state index is 12.3. The molecule has 0 fully saturated rings. The van der Waals surface area contributed by atoms with Gasteiger partial charge in [0.05, 0.1) is 4.90 Å². The van der Waals surface area contributed by atoms with Crippen molar-refractivity contribution in [1.82, 2.24) is 4.90 Å². The number of carbonyl (C=O) groups excluding carboxylic acids is 1. The van der Waals surface area contributed by atoms with E-state index in [4.69, 9.17) is 10.9 Å². The zero-order valence-electron chi connectivity index (χ0n) is 12.1. The van der Waals surface area contributed by atoms with Crippen LogP contribution in [0.15, 0.2) is 34.3 Å². The molecule has 7 nitrogen and oxygen atoms in total. The maximum absolute atomic E-state index is 12.3. The molecule has 0 bridgehead atoms. The van der Waals surface area contributed by atoms with E-state index in [9.17, 15) is 13.2 Å². The highest BCUT2D eigenvalue weighted by molar-refractivity contribution is 7.90. The first-order chi connectivity index (χ1) is 9.66. The summed E-state index contributed by atoms with van der Waals surface area (Å²) in [5.74, 6) is -0.314. The van der Waals surface area contributed by atoms with Crippen molar-refractivity contribution < 1.29 is 18.4 Å². The van der Waals surface area contributed by atoms with Crippen LogP contribution in [0.3, 0.4) is 0 Å². The molecule has 0 aliphatic heterocycles. The van der Waals surface area contributed by atoms with Gasteiger partial charge in [0.15, 0.2) is 9.84 Å². The molecule has 1 aromatic rings. The van der Waals surface area contributed by atoms with Crippen LogP contribution in [0.2, 0.25) is 0 Å². The number of hydrogen-bond acceptors (Lipinski definition) is 5. The normalized spacial score (nSPS) is 13.8. The van der Waals surface area contributed by atoms with Crippen molar-refractivity contribution >= 4 is 21.6 Å². The van der Waals surface area contributed by atoms with Crippen LogP contribution in [-0.2, 0) is 9.84 Å². The average molecular weight is 313 g/mol. The monoisotopic (exact) mass is 313 g/mol. The largest absolute Gasteiger partial charge is 0.409 e. The molecule has 116 valence electrons. The lowest BCUT2D eigenvalue weighted by Crippen LogP contribution is -2.37. The number of nitrogens with two attached hydrogens (primary N) is 1. The fourth-order valence-electron chi connectivity index (χ4n) is 1.74. The number of rotatable bonds is 5. The van der Waals surface area contributed by atoms with E-state index in [1.807, 2.05) is 0 Å². The molecule has 0 spiro atoms. The predicted octanol–water partition coefficient (Wildman–Crippen LogP) is 0.687. The molecule has 1 unspecified atom stereocenters. The number of hydrogen-bond donors (Lipinski definition) is 2. The van der Waals surface area contributed by atoms with Gasteiger partial charge in [-0.15, -0.1) is 0 Å². The van der Waals surface area contributed by atoms with E-state index in [1.165, 1.54) is 23.1 Å². The second-order valence-electron chi connectivity index (χ2n) is 4.86. The Morgan fingerprint density at radius 3 is 2.62 bits per heavy atom. The van der Waals surface area contributed by atoms with Gasteiger partial charge in [0.25, 0.3) is 5.91 Å². The number of carbonyl (C=O) groups is 1. The molecule has 21 heavy (non-hydrogen) atoms. The molecule has 0 aromatic heterocycles. The summed E-state index contributed by atoms with van der Waals surface area (Å²) < 4.78 is 23.0. The number of oxime groups is 1. The lowest BCUT2D eigenvalue weighted by Gasteiger charge is -2.24. The van der Waals surface area contributed by atoms with E-state index in [1.54, 1.807) is 20.0 Å². The van der Waals surface area contributed by atoms with Crippen LogP contribution in [0.1, 0.15) is 23.7 Å². The van der Waals surface area contributed by atoms with Crippen LogP contribution >= 0.6 is 0 Å². The molecule has 0 radical (unpaired) electrons. The van der Waals surface area contributed by atoms with Crippen LogP contribution in [0.5, 0.6) is 0 Å². The van der Waals surface area contributed by atoms with Crippen LogP contribution in [-0.4, -0.2) is 49.6 Å². The highest BCUT2D eigenvalue weighted by Gasteiger charge is 2.20. The fraction of sp³-hybridized carbons (Fsp3) is 0.385. The van der Waals surface area contributed by atoms with Gasteiger partial charge in [-0.3, -0.25) is 4.79 Å². The third-order valence-corrected chi connectivity index (χ3v) is 4.23. The lowest BCUT2D eigenvalue weighted by atomic mass is 10.1. The van der Waals surface area contributed by atoms with Crippen molar-refractivity contribution in [3.63, 3.8) is 0 Å². The van der Waals surface area contributed by atoms with Gasteiger partial charge in [0.1, 0.15) is 5.84 Å². The Bertz CT molecular complexity index is 655. The van der Waals surface area contributed by atoms with Crippen molar-refractivity contribution in [2.45, 2.75) is 24.3 Å². The Morgan fingerprint density at radius 1 is 1.48 bits per heavy atom. The molecule has 0 aliphatic rings. The molecule has 0 saturated carbocycles. The van der Waals surface area contributed by atoms with Crippen molar-refractivity contribution in [1.29, 1.82) is 0 Å². The number of benzene rings is 1. The summed E-state index contributed by atoms with van der Waals surface area (Å²) in [6.07, 6.45) is 1.30. The van der Waals surface area contributed by atoms with E-state index >= 15 is 0 Å². The van der Waals surface area contributed by atoms with Gasteiger partial charge < -0.3 is 15.8 Å². The second-order valence-corrected chi connectivity index (χ2v) is 6.88. The Morgan fingerprint density at radius 2 is 2.10 bits per heavy atom. The molecule has 3 N–H and O–H groups in total. The molecule has 0 heterocycles. The van der Waals surface area contributed by atoms with Gasteiger partial charge in [-0.05, 0) is 25.1 Å². The summed E-state index contributed by atoms with van der Waals surface area (Å²) >= 11 is 0. The van der Waals surface area contributed by atoms with E-state index < -0.39 is 9.84 Å². The lowest BCUT2D eigenvalue weighted by molar-refractivity contribution is 0.0747. The van der Waals surface area contributed by atoms with Crippen LogP contribution in [0.4, 0.5) is 0 Å². The molecule has 1 aromatic carbocycles. The van der Waals surface area contributed by atoms with Gasteiger partial charge in [-0.2, -0.15) is 0 Å². The smallest absolute Gasteiger partial charge is 0.253 e. The molecule has 0 aliphatic carbocycles. The summed E-state index contributed by atoms with van der Waals surface area (Å²) in [4.78, 5) is 13.8. The SMILES string of the molecule is CC(CC(N)=NO)N(C)C(=O)c1cccc(S(C)(=O)=O)c1. The van der Waals surface area contributed by atoms with E-state index in [2.05, 4.69) is 5.16 Å². The summed E-state index contributed by atoms with van der Waals surface area (Å²) in [5, 5.41) is 11.4. The number of amidine groups is 1. The molecule has 1 atom stereocenters. The van der Waals surface area contributed by atoms with Crippen molar-refractivity contribution in [3.05, 3.63) is 29.8 Å². The molecular weight excluding hydrogens is 294 g/mol. The Labute approximate surface area is 124 Å². The summed E-state index contributed by atoms with van der Waals surface area (Å²) in [5.41, 5.74) is 5.68. The molecule has 1 rings (SSSR count). The van der Waals surface area contributed by atoms with Crippen LogP contribution in [0, 0.1) is 0 Å². The molecular formula is C13H19N3O4S. The number of amides is 1. The Balaban J connectivity index is 2.98. The first-order valence-electron chi connectivity index (χ1n) is 6.20. The standard InChI is InChI=1S/C13H19N3O4S/c1-9(7-12(14)15-18)16(2)13(17)10-5-4-6-11(8-10)21(3,19)20/h4-6,8-9,18H,7H2,1-3H3,(H2,14,15). The van der Waals surface area contributed by atoms with E-state index in [0.717, 1.165) is 6.26 Å². The topological polar surface area (TPSA) is 113 Å². The Hall–Kier alpha value is -2.09. The zero-order valence-corrected chi connectivity index (χ0v) is 13.0. The van der Waals surface area contributed by atoms with Gasteiger partial charge in [0, 0.05) is 31.3 Å². The molecule has 1 amide bonds. The van der Waals surface area contributed by atoms with Gasteiger partial charge in [0.2, 0.25) is 0 Å². The van der Waals surface area contributed by atoms with Crippen LogP contribution in [0.25, 0.3) is 0 Å².